The summed E-state index contributed by atoms with van der Waals surface area (Å²) >= 11 is 5.74. The summed E-state index contributed by atoms with van der Waals surface area (Å²) in [5.74, 6) is -0.882. The Morgan fingerprint density at radius 3 is 2.48 bits per heavy atom. The topological polar surface area (TPSA) is 44.1 Å². The Balaban J connectivity index is 2.38. The zero-order chi connectivity index (χ0) is 15.6. The minimum Gasteiger partial charge on any atom is -0.464 e. The van der Waals surface area contributed by atoms with E-state index in [9.17, 15) is 18.0 Å². The third-order valence-corrected chi connectivity index (χ3v) is 2.96. The maximum atomic E-state index is 12.7. The number of rotatable bonds is 3. The van der Waals surface area contributed by atoms with E-state index < -0.39 is 17.8 Å². The molecule has 1 aromatic carbocycles. The molecule has 1 heterocycles. The molecule has 0 amide bonds. The summed E-state index contributed by atoms with van der Waals surface area (Å²) in [7, 11) is 1.09. The van der Waals surface area contributed by atoms with E-state index in [0.29, 0.717) is 16.7 Å². The number of alkyl halides is 3. The molecule has 2 rings (SSSR count). The first-order chi connectivity index (χ1) is 9.81. The van der Waals surface area contributed by atoms with E-state index >= 15 is 0 Å². The zero-order valence-corrected chi connectivity index (χ0v) is 11.6. The second-order valence-electron chi connectivity index (χ2n) is 4.19. The maximum Gasteiger partial charge on any atom is 0.435 e. The Labute approximate surface area is 123 Å². The first kappa shape index (κ1) is 15.4. The molecule has 0 unspecified atom stereocenters. The predicted octanol–water partition coefficient (Wildman–Crippen LogP) is 3.39. The van der Waals surface area contributed by atoms with E-state index in [1.165, 1.54) is 0 Å². The van der Waals surface area contributed by atoms with Crippen LogP contribution in [0, 0.1) is 0 Å². The summed E-state index contributed by atoms with van der Waals surface area (Å²) in [6.07, 6.45) is -4.63. The van der Waals surface area contributed by atoms with Gasteiger partial charge in [0, 0.05) is 11.1 Å². The van der Waals surface area contributed by atoms with Gasteiger partial charge >= 0.3 is 12.1 Å². The quantitative estimate of drug-likeness (QED) is 0.815. The highest BCUT2D eigenvalue weighted by Crippen LogP contribution is 2.29. The Morgan fingerprint density at radius 1 is 1.33 bits per heavy atom. The van der Waals surface area contributed by atoms with E-state index in [2.05, 4.69) is 9.84 Å². The number of carbonyl (C=O) groups is 1. The Kier molecular flexibility index (Phi) is 4.22. The van der Waals surface area contributed by atoms with Crippen LogP contribution in [0.25, 0.3) is 0 Å². The highest BCUT2D eigenvalue weighted by atomic mass is 35.5. The molecule has 0 saturated heterocycles. The van der Waals surface area contributed by atoms with Crippen LogP contribution < -0.4 is 0 Å². The smallest absolute Gasteiger partial charge is 0.435 e. The number of halogens is 4. The van der Waals surface area contributed by atoms with Gasteiger partial charge in [-0.15, -0.1) is 0 Å². The normalized spacial score (nSPS) is 11.5. The lowest BCUT2D eigenvalue weighted by atomic mass is 10.2. The lowest BCUT2D eigenvalue weighted by Gasteiger charge is -2.06. The van der Waals surface area contributed by atoms with Gasteiger partial charge in [0.1, 0.15) is 5.69 Å². The van der Waals surface area contributed by atoms with Crippen LogP contribution in [0.1, 0.15) is 21.7 Å². The van der Waals surface area contributed by atoms with Gasteiger partial charge in [-0.05, 0) is 17.7 Å². The van der Waals surface area contributed by atoms with E-state index in [0.717, 1.165) is 11.8 Å². The number of aromatic nitrogens is 2. The number of hydrogen-bond acceptors (Lipinski definition) is 3. The molecule has 0 radical (unpaired) electrons. The SMILES string of the molecule is COC(=O)c1cc(C(F)(F)F)nn1Cc1ccc(Cl)cc1. The number of esters is 1. The van der Waals surface area contributed by atoms with Gasteiger partial charge in [-0.2, -0.15) is 18.3 Å². The van der Waals surface area contributed by atoms with E-state index in [-0.39, 0.29) is 12.2 Å². The molecule has 1 aromatic heterocycles. The Morgan fingerprint density at radius 2 is 1.95 bits per heavy atom. The molecule has 112 valence electrons. The van der Waals surface area contributed by atoms with Gasteiger partial charge in [0.15, 0.2) is 5.69 Å². The van der Waals surface area contributed by atoms with Crippen LogP contribution >= 0.6 is 11.6 Å². The molecule has 0 aliphatic heterocycles. The number of carbonyl (C=O) groups excluding carboxylic acids is 1. The molecule has 0 N–H and O–H groups in total. The highest BCUT2D eigenvalue weighted by Gasteiger charge is 2.36. The van der Waals surface area contributed by atoms with Crippen molar-refractivity contribution in [3.8, 4) is 0 Å². The minimum atomic E-state index is -4.63. The number of nitrogens with zero attached hydrogens (tertiary/aromatic N) is 2. The molecule has 0 bridgehead atoms. The van der Waals surface area contributed by atoms with Crippen molar-refractivity contribution in [2.45, 2.75) is 12.7 Å². The van der Waals surface area contributed by atoms with Crippen molar-refractivity contribution in [1.82, 2.24) is 9.78 Å². The lowest BCUT2D eigenvalue weighted by Crippen LogP contribution is -2.13. The fourth-order valence-electron chi connectivity index (χ4n) is 1.71. The molecule has 0 atom stereocenters. The summed E-state index contributed by atoms with van der Waals surface area (Å²) in [6, 6.07) is 7.14. The second kappa shape index (κ2) is 5.77. The fourth-order valence-corrected chi connectivity index (χ4v) is 1.83. The first-order valence-corrected chi connectivity index (χ1v) is 6.17. The van der Waals surface area contributed by atoms with Crippen molar-refractivity contribution in [3.05, 3.63) is 52.3 Å². The van der Waals surface area contributed by atoms with Crippen LogP contribution in [0.5, 0.6) is 0 Å². The van der Waals surface area contributed by atoms with Crippen LogP contribution in [-0.4, -0.2) is 22.9 Å². The first-order valence-electron chi connectivity index (χ1n) is 5.79. The minimum absolute atomic E-state index is 0.00230. The van der Waals surface area contributed by atoms with E-state index in [1.54, 1.807) is 24.3 Å². The van der Waals surface area contributed by atoms with Gasteiger partial charge in [-0.1, -0.05) is 23.7 Å². The molecule has 0 fully saturated rings. The molecule has 0 spiro atoms. The molecule has 8 heteroatoms. The predicted molar refractivity (Wildman–Crippen MR) is 69.1 cm³/mol. The van der Waals surface area contributed by atoms with Crippen molar-refractivity contribution in [3.63, 3.8) is 0 Å². The molecular formula is C13H10ClF3N2O2. The van der Waals surface area contributed by atoms with Crippen molar-refractivity contribution >= 4 is 17.6 Å². The summed E-state index contributed by atoms with van der Waals surface area (Å²) in [5, 5.41) is 3.93. The van der Waals surface area contributed by atoms with Gasteiger partial charge < -0.3 is 4.74 Å². The van der Waals surface area contributed by atoms with Crippen molar-refractivity contribution in [2.75, 3.05) is 7.11 Å². The summed E-state index contributed by atoms with van der Waals surface area (Å²) in [4.78, 5) is 11.5. The maximum absolute atomic E-state index is 12.7. The Hall–Kier alpha value is -2.02. The van der Waals surface area contributed by atoms with Crippen LogP contribution in [-0.2, 0) is 17.5 Å². The molecule has 0 saturated carbocycles. The van der Waals surface area contributed by atoms with E-state index in [4.69, 9.17) is 11.6 Å². The average Bonchev–Trinajstić information content (AvgIpc) is 2.84. The summed E-state index contributed by atoms with van der Waals surface area (Å²) < 4.78 is 43.5. The zero-order valence-electron chi connectivity index (χ0n) is 10.8. The van der Waals surface area contributed by atoms with Gasteiger partial charge in [0.05, 0.1) is 13.7 Å². The summed E-state index contributed by atoms with van der Waals surface area (Å²) in [5.41, 5.74) is -0.752. The number of ether oxygens (including phenoxy) is 1. The second-order valence-corrected chi connectivity index (χ2v) is 4.62. The largest absolute Gasteiger partial charge is 0.464 e. The van der Waals surface area contributed by atoms with Crippen LogP contribution in [0.3, 0.4) is 0 Å². The van der Waals surface area contributed by atoms with Crippen LogP contribution in [0.4, 0.5) is 13.2 Å². The standard InChI is InChI=1S/C13H10ClF3N2O2/c1-21-12(20)10-6-11(13(15,16)17)18-19(10)7-8-2-4-9(14)5-3-8/h2-6H,7H2,1H3. The molecular weight excluding hydrogens is 309 g/mol. The molecule has 0 aliphatic rings. The molecule has 0 aliphatic carbocycles. The Bertz CT molecular complexity index is 650. The molecule has 21 heavy (non-hydrogen) atoms. The van der Waals surface area contributed by atoms with E-state index in [1.807, 2.05) is 0 Å². The van der Waals surface area contributed by atoms with Crippen LogP contribution in [0.15, 0.2) is 30.3 Å². The monoisotopic (exact) mass is 318 g/mol. The van der Waals surface area contributed by atoms with Gasteiger partial charge in [0.25, 0.3) is 0 Å². The molecule has 2 aromatic rings. The third-order valence-electron chi connectivity index (χ3n) is 2.71. The molecule has 4 nitrogen and oxygen atoms in total. The lowest BCUT2D eigenvalue weighted by molar-refractivity contribution is -0.141. The van der Waals surface area contributed by atoms with Gasteiger partial charge in [-0.25, -0.2) is 4.79 Å². The van der Waals surface area contributed by atoms with Crippen molar-refractivity contribution in [2.24, 2.45) is 0 Å². The summed E-state index contributed by atoms with van der Waals surface area (Å²) in [6.45, 7) is -0.00230. The number of benzene rings is 1. The third kappa shape index (κ3) is 3.55. The van der Waals surface area contributed by atoms with Crippen molar-refractivity contribution in [1.29, 1.82) is 0 Å². The van der Waals surface area contributed by atoms with Crippen LogP contribution in [0.2, 0.25) is 5.02 Å². The average molecular weight is 319 g/mol. The van der Waals surface area contributed by atoms with Crippen molar-refractivity contribution < 1.29 is 22.7 Å². The van der Waals surface area contributed by atoms with Gasteiger partial charge in [-0.3, -0.25) is 4.68 Å². The fraction of sp³-hybridized carbons (Fsp3) is 0.231. The number of hydrogen-bond donors (Lipinski definition) is 0. The highest BCUT2D eigenvalue weighted by molar-refractivity contribution is 6.30. The van der Waals surface area contributed by atoms with Gasteiger partial charge in [0.2, 0.25) is 0 Å². The number of methoxy groups -OCH3 is 1.